The number of rotatable bonds is 5. The first kappa shape index (κ1) is 20.5. The van der Waals surface area contributed by atoms with E-state index in [0.717, 1.165) is 14.5 Å². The van der Waals surface area contributed by atoms with E-state index in [2.05, 4.69) is 31.9 Å². The number of carbonyl (C=O) groups is 1. The summed E-state index contributed by atoms with van der Waals surface area (Å²) in [6.45, 7) is 3.79. The molecule has 0 aliphatic carbocycles. The zero-order chi connectivity index (χ0) is 19.4. The van der Waals surface area contributed by atoms with Crippen LogP contribution in [-0.4, -0.2) is 30.6 Å². The summed E-state index contributed by atoms with van der Waals surface area (Å²) in [5, 5.41) is 0. The highest BCUT2D eigenvalue weighted by molar-refractivity contribution is 9.10. The van der Waals surface area contributed by atoms with Crippen LogP contribution in [0.15, 0.2) is 51.4 Å². The Kier molecular flexibility index (Phi) is 6.71. The van der Waals surface area contributed by atoms with E-state index in [4.69, 9.17) is 4.74 Å². The van der Waals surface area contributed by atoms with E-state index in [1.807, 2.05) is 31.2 Å². The van der Waals surface area contributed by atoms with Crippen molar-refractivity contribution in [1.29, 1.82) is 0 Å². The molecule has 0 unspecified atom stereocenters. The molecular formula is C21H22Br2FNO2. The Labute approximate surface area is 176 Å². The van der Waals surface area contributed by atoms with E-state index < -0.39 is 5.41 Å². The number of halogens is 3. The van der Waals surface area contributed by atoms with Crippen LogP contribution in [0.2, 0.25) is 0 Å². The normalized spacial score (nSPS) is 16.1. The van der Waals surface area contributed by atoms with Crippen LogP contribution < -0.4 is 0 Å². The smallest absolute Gasteiger partial charge is 0.233 e. The minimum atomic E-state index is -0.628. The summed E-state index contributed by atoms with van der Waals surface area (Å²) in [5.74, 6) is -0.260. The maximum absolute atomic E-state index is 14.3. The van der Waals surface area contributed by atoms with Crippen molar-refractivity contribution in [2.24, 2.45) is 0 Å². The van der Waals surface area contributed by atoms with Crippen molar-refractivity contribution in [3.63, 3.8) is 0 Å². The van der Waals surface area contributed by atoms with Crippen LogP contribution in [0.4, 0.5) is 4.39 Å². The number of likely N-dealkylation sites (N-methyl/N-ethyl adjacent to an activating group) is 1. The summed E-state index contributed by atoms with van der Waals surface area (Å²) in [4.78, 5) is 15.4. The van der Waals surface area contributed by atoms with Crippen molar-refractivity contribution < 1.29 is 13.9 Å². The molecule has 1 saturated heterocycles. The molecule has 0 N–H and O–H groups in total. The van der Waals surface area contributed by atoms with E-state index in [1.165, 1.54) is 6.07 Å². The number of benzene rings is 2. The second-order valence-electron chi connectivity index (χ2n) is 6.76. The van der Waals surface area contributed by atoms with Crippen LogP contribution in [0.25, 0.3) is 0 Å². The fourth-order valence-electron chi connectivity index (χ4n) is 3.61. The summed E-state index contributed by atoms with van der Waals surface area (Å²) < 4.78 is 21.6. The van der Waals surface area contributed by atoms with Crippen molar-refractivity contribution in [1.82, 2.24) is 4.90 Å². The lowest BCUT2D eigenvalue weighted by atomic mass is 9.73. The Morgan fingerprint density at radius 3 is 2.37 bits per heavy atom. The highest BCUT2D eigenvalue weighted by atomic mass is 79.9. The van der Waals surface area contributed by atoms with Crippen molar-refractivity contribution in [3.05, 3.63) is 68.4 Å². The molecule has 1 aliphatic heterocycles. The average molecular weight is 499 g/mol. The predicted molar refractivity (Wildman–Crippen MR) is 111 cm³/mol. The first-order valence-corrected chi connectivity index (χ1v) is 10.6. The largest absolute Gasteiger partial charge is 0.381 e. The average Bonchev–Trinajstić information content (AvgIpc) is 2.69. The van der Waals surface area contributed by atoms with Crippen LogP contribution in [-0.2, 0) is 21.5 Å². The Balaban J connectivity index is 1.94. The minimum Gasteiger partial charge on any atom is -0.381 e. The van der Waals surface area contributed by atoms with E-state index in [-0.39, 0.29) is 18.3 Å². The lowest BCUT2D eigenvalue weighted by Gasteiger charge is -2.40. The van der Waals surface area contributed by atoms with Crippen LogP contribution in [0.5, 0.6) is 0 Å². The molecule has 27 heavy (non-hydrogen) atoms. The van der Waals surface area contributed by atoms with Gasteiger partial charge in [-0.25, -0.2) is 4.39 Å². The Bertz CT molecular complexity index is 804. The second-order valence-corrected chi connectivity index (χ2v) is 8.59. The van der Waals surface area contributed by atoms with E-state index in [1.54, 1.807) is 17.0 Å². The molecule has 0 radical (unpaired) electrons. The first-order valence-electron chi connectivity index (χ1n) is 9.03. The fourth-order valence-corrected chi connectivity index (χ4v) is 4.29. The molecule has 1 amide bonds. The Hall–Kier alpha value is -1.24. The SMILES string of the molecule is CCN(Cc1cc(Br)ccc1F)C(=O)C1(c2ccc(Br)cc2)CCOCC1. The highest BCUT2D eigenvalue weighted by Gasteiger charge is 2.43. The van der Waals surface area contributed by atoms with Gasteiger partial charge < -0.3 is 9.64 Å². The molecule has 144 valence electrons. The third-order valence-electron chi connectivity index (χ3n) is 5.19. The number of amides is 1. The van der Waals surface area contributed by atoms with Crippen LogP contribution in [0.1, 0.15) is 30.9 Å². The topological polar surface area (TPSA) is 29.5 Å². The predicted octanol–water partition coefficient (Wildman–Crippen LogP) is 5.45. The molecule has 2 aromatic carbocycles. The van der Waals surface area contributed by atoms with Gasteiger partial charge in [0.15, 0.2) is 0 Å². The van der Waals surface area contributed by atoms with Gasteiger partial charge in [0.05, 0.1) is 5.41 Å². The zero-order valence-corrected chi connectivity index (χ0v) is 18.4. The van der Waals surface area contributed by atoms with Gasteiger partial charge in [-0.2, -0.15) is 0 Å². The molecule has 3 rings (SSSR count). The van der Waals surface area contributed by atoms with E-state index >= 15 is 0 Å². The first-order chi connectivity index (χ1) is 13.0. The monoisotopic (exact) mass is 497 g/mol. The third kappa shape index (κ3) is 4.44. The quantitative estimate of drug-likeness (QED) is 0.548. The van der Waals surface area contributed by atoms with Gasteiger partial charge in [0.1, 0.15) is 5.82 Å². The molecule has 1 aliphatic rings. The van der Waals surface area contributed by atoms with E-state index in [0.29, 0.717) is 38.2 Å². The third-order valence-corrected chi connectivity index (χ3v) is 6.21. The number of ether oxygens (including phenoxy) is 1. The number of hydrogen-bond acceptors (Lipinski definition) is 2. The van der Waals surface area contributed by atoms with Crippen molar-refractivity contribution in [2.45, 2.75) is 31.7 Å². The Morgan fingerprint density at radius 1 is 1.11 bits per heavy atom. The minimum absolute atomic E-state index is 0.0370. The van der Waals surface area contributed by atoms with Gasteiger partial charge >= 0.3 is 0 Å². The van der Waals surface area contributed by atoms with Crippen molar-refractivity contribution >= 4 is 37.8 Å². The second kappa shape index (κ2) is 8.84. The number of nitrogens with zero attached hydrogens (tertiary/aromatic N) is 1. The molecular weight excluding hydrogens is 477 g/mol. The molecule has 0 bridgehead atoms. The molecule has 0 saturated carbocycles. The Morgan fingerprint density at radius 2 is 1.74 bits per heavy atom. The van der Waals surface area contributed by atoms with Gasteiger partial charge in [-0.05, 0) is 55.7 Å². The molecule has 0 aromatic heterocycles. The van der Waals surface area contributed by atoms with E-state index in [9.17, 15) is 9.18 Å². The molecule has 0 atom stereocenters. The van der Waals surface area contributed by atoms with Crippen LogP contribution in [0, 0.1) is 5.82 Å². The fraction of sp³-hybridized carbons (Fsp3) is 0.381. The summed E-state index contributed by atoms with van der Waals surface area (Å²) in [6.07, 6.45) is 1.26. The molecule has 1 heterocycles. The lowest BCUT2D eigenvalue weighted by molar-refractivity contribution is -0.141. The summed E-state index contributed by atoms with van der Waals surface area (Å²) in [5.41, 5.74) is 0.877. The van der Waals surface area contributed by atoms with Crippen molar-refractivity contribution in [2.75, 3.05) is 19.8 Å². The molecule has 1 fully saturated rings. The van der Waals surface area contributed by atoms with Gasteiger partial charge in [-0.15, -0.1) is 0 Å². The highest BCUT2D eigenvalue weighted by Crippen LogP contribution is 2.38. The van der Waals surface area contributed by atoms with Gasteiger partial charge in [0.2, 0.25) is 5.91 Å². The lowest BCUT2D eigenvalue weighted by Crippen LogP contribution is -2.49. The van der Waals surface area contributed by atoms with Gasteiger partial charge in [-0.1, -0.05) is 44.0 Å². The van der Waals surface area contributed by atoms with Gasteiger partial charge in [0.25, 0.3) is 0 Å². The maximum Gasteiger partial charge on any atom is 0.233 e. The summed E-state index contributed by atoms with van der Waals surface area (Å²) >= 11 is 6.84. The molecule has 0 spiro atoms. The maximum atomic E-state index is 14.3. The van der Waals surface area contributed by atoms with Gasteiger partial charge in [0, 0.05) is 40.8 Å². The zero-order valence-electron chi connectivity index (χ0n) is 15.2. The summed E-state index contributed by atoms with van der Waals surface area (Å²) in [6, 6.07) is 12.8. The van der Waals surface area contributed by atoms with Gasteiger partial charge in [-0.3, -0.25) is 4.79 Å². The number of hydrogen-bond donors (Lipinski definition) is 0. The standard InChI is InChI=1S/C21H22Br2FNO2/c1-2-25(14-15-13-18(23)7-8-19(15)24)20(26)21(9-11-27-12-10-21)16-3-5-17(22)6-4-16/h3-8,13H,2,9-12,14H2,1H3. The number of carbonyl (C=O) groups excluding carboxylic acids is 1. The molecule has 6 heteroatoms. The van der Waals surface area contributed by atoms with Crippen LogP contribution >= 0.6 is 31.9 Å². The summed E-state index contributed by atoms with van der Waals surface area (Å²) in [7, 11) is 0. The molecule has 2 aromatic rings. The van der Waals surface area contributed by atoms with Crippen molar-refractivity contribution in [3.8, 4) is 0 Å². The molecule has 3 nitrogen and oxygen atoms in total. The van der Waals surface area contributed by atoms with Crippen LogP contribution in [0.3, 0.4) is 0 Å².